The fraction of sp³-hybridized carbons (Fsp3) is 0.600. The van der Waals surface area contributed by atoms with Crippen LogP contribution in [-0.4, -0.2) is 29.7 Å². The summed E-state index contributed by atoms with van der Waals surface area (Å²) in [6.45, 7) is 1.90. The van der Waals surface area contributed by atoms with Crippen molar-refractivity contribution in [1.82, 2.24) is 5.32 Å². The van der Waals surface area contributed by atoms with Crippen molar-refractivity contribution in [3.63, 3.8) is 0 Å². The lowest BCUT2D eigenvalue weighted by atomic mass is 10.6. The zero-order valence-electron chi connectivity index (χ0n) is 6.03. The first kappa shape index (κ1) is 11.5. The van der Waals surface area contributed by atoms with Gasteiger partial charge < -0.3 is 15.6 Å². The van der Waals surface area contributed by atoms with Crippen LogP contribution in [0.3, 0.4) is 0 Å². The second-order valence-electron chi connectivity index (χ2n) is 1.26. The number of hydrogen-bond acceptors (Lipinski definition) is 3. The predicted octanol–water partition coefficient (Wildman–Crippen LogP) is 0.740. The number of hydrogen-bond donors (Lipinski definition) is 3. The standard InChI is InChI=1S/C3H7NO.C2H5NO2/c1-2-3-4-5;1-3-2(4)5/h3,5H,2H2,1H3;3H,1H3,(H,4,5). The van der Waals surface area contributed by atoms with E-state index in [0.717, 1.165) is 6.42 Å². The summed E-state index contributed by atoms with van der Waals surface area (Å²) >= 11 is 0. The monoisotopic (exact) mass is 148 g/mol. The summed E-state index contributed by atoms with van der Waals surface area (Å²) in [5.41, 5.74) is 0. The lowest BCUT2D eigenvalue weighted by Gasteiger charge is -1.78. The van der Waals surface area contributed by atoms with Crippen molar-refractivity contribution in [1.29, 1.82) is 0 Å². The Bertz CT molecular complexity index is 103. The van der Waals surface area contributed by atoms with Crippen LogP contribution in [0.1, 0.15) is 13.3 Å². The van der Waals surface area contributed by atoms with Gasteiger partial charge in [0, 0.05) is 13.3 Å². The summed E-state index contributed by atoms with van der Waals surface area (Å²) < 4.78 is 0. The molecule has 0 saturated carbocycles. The lowest BCUT2D eigenvalue weighted by molar-refractivity contribution is 0.197. The Morgan fingerprint density at radius 3 is 2.20 bits per heavy atom. The maximum Gasteiger partial charge on any atom is 0.404 e. The molecule has 0 bridgehead atoms. The minimum atomic E-state index is -0.995. The average molecular weight is 148 g/mol. The topological polar surface area (TPSA) is 81.9 Å². The fourth-order valence-electron chi connectivity index (χ4n) is 0.0816. The van der Waals surface area contributed by atoms with Gasteiger partial charge in [0.05, 0.1) is 0 Å². The normalized spacial score (nSPS) is 8.20. The van der Waals surface area contributed by atoms with Gasteiger partial charge in [0.1, 0.15) is 0 Å². The Balaban J connectivity index is 0. The summed E-state index contributed by atoms with van der Waals surface area (Å²) in [7, 11) is 1.35. The fourth-order valence-corrected chi connectivity index (χ4v) is 0.0816. The summed E-state index contributed by atoms with van der Waals surface area (Å²) in [6.07, 6.45) is 1.24. The van der Waals surface area contributed by atoms with E-state index >= 15 is 0 Å². The number of oxime groups is 1. The minimum Gasteiger partial charge on any atom is -0.465 e. The van der Waals surface area contributed by atoms with Crippen molar-refractivity contribution in [3.05, 3.63) is 0 Å². The van der Waals surface area contributed by atoms with Crippen LogP contribution in [0, 0.1) is 0 Å². The molecule has 0 aromatic rings. The Morgan fingerprint density at radius 2 is 2.20 bits per heavy atom. The van der Waals surface area contributed by atoms with E-state index in [1.807, 2.05) is 12.2 Å². The summed E-state index contributed by atoms with van der Waals surface area (Å²) in [6, 6.07) is 0. The molecule has 10 heavy (non-hydrogen) atoms. The highest BCUT2D eigenvalue weighted by atomic mass is 16.4. The van der Waals surface area contributed by atoms with Crippen LogP contribution in [0.2, 0.25) is 0 Å². The quantitative estimate of drug-likeness (QED) is 0.291. The molecule has 0 aliphatic carbocycles. The molecular weight excluding hydrogens is 136 g/mol. The molecule has 0 aromatic carbocycles. The van der Waals surface area contributed by atoms with Crippen molar-refractivity contribution >= 4 is 12.3 Å². The maximum atomic E-state index is 9.26. The van der Waals surface area contributed by atoms with E-state index in [0.29, 0.717) is 0 Å². The number of carbonyl (C=O) groups is 1. The zero-order valence-corrected chi connectivity index (χ0v) is 6.03. The molecule has 0 spiro atoms. The van der Waals surface area contributed by atoms with Crippen molar-refractivity contribution in [2.75, 3.05) is 7.05 Å². The third kappa shape index (κ3) is 29.6. The van der Waals surface area contributed by atoms with Gasteiger partial charge in [0.15, 0.2) is 0 Å². The summed E-state index contributed by atoms with van der Waals surface area (Å²) in [4.78, 5) is 9.26. The second kappa shape index (κ2) is 10.7. The van der Waals surface area contributed by atoms with Crippen molar-refractivity contribution in [3.8, 4) is 0 Å². The predicted molar refractivity (Wildman–Crippen MR) is 37.7 cm³/mol. The summed E-state index contributed by atoms with van der Waals surface area (Å²) in [5, 5.41) is 19.9. The molecule has 0 fully saturated rings. The molecule has 0 aliphatic heterocycles. The Kier molecular flexibility index (Phi) is 12.3. The molecule has 5 nitrogen and oxygen atoms in total. The second-order valence-corrected chi connectivity index (χ2v) is 1.26. The van der Waals surface area contributed by atoms with E-state index in [4.69, 9.17) is 10.3 Å². The number of carboxylic acid groups (broad SMARTS) is 1. The lowest BCUT2D eigenvalue weighted by Crippen LogP contribution is -2.13. The van der Waals surface area contributed by atoms with Gasteiger partial charge in [-0.2, -0.15) is 0 Å². The van der Waals surface area contributed by atoms with Gasteiger partial charge in [0.25, 0.3) is 0 Å². The van der Waals surface area contributed by atoms with Crippen LogP contribution < -0.4 is 5.32 Å². The number of amides is 1. The smallest absolute Gasteiger partial charge is 0.404 e. The van der Waals surface area contributed by atoms with Gasteiger partial charge in [-0.15, -0.1) is 5.16 Å². The molecule has 0 rings (SSSR count). The Morgan fingerprint density at radius 1 is 1.80 bits per heavy atom. The van der Waals surface area contributed by atoms with E-state index in [-0.39, 0.29) is 0 Å². The molecule has 60 valence electrons. The van der Waals surface area contributed by atoms with Gasteiger partial charge in [-0.25, -0.2) is 4.79 Å². The molecule has 0 atom stereocenters. The molecule has 0 heterocycles. The highest BCUT2D eigenvalue weighted by Gasteiger charge is 1.76. The first-order chi connectivity index (χ1) is 4.68. The van der Waals surface area contributed by atoms with E-state index in [1.54, 1.807) is 0 Å². The van der Waals surface area contributed by atoms with Crippen LogP contribution in [0.15, 0.2) is 5.16 Å². The van der Waals surface area contributed by atoms with Crippen molar-refractivity contribution in [2.45, 2.75) is 13.3 Å². The van der Waals surface area contributed by atoms with E-state index in [9.17, 15) is 4.79 Å². The van der Waals surface area contributed by atoms with Crippen molar-refractivity contribution < 1.29 is 15.1 Å². The number of rotatable bonds is 1. The molecule has 3 N–H and O–H groups in total. The van der Waals surface area contributed by atoms with Crippen LogP contribution >= 0.6 is 0 Å². The Hall–Kier alpha value is -1.26. The molecule has 0 radical (unpaired) electrons. The molecule has 0 aromatic heterocycles. The molecule has 5 heteroatoms. The molecule has 0 aliphatic rings. The van der Waals surface area contributed by atoms with Crippen LogP contribution in [0.5, 0.6) is 0 Å². The number of nitrogens with zero attached hydrogens (tertiary/aromatic N) is 1. The first-order valence-corrected chi connectivity index (χ1v) is 2.75. The average Bonchev–Trinajstić information content (AvgIpc) is 1.91. The van der Waals surface area contributed by atoms with Gasteiger partial charge in [-0.05, 0) is 6.42 Å². The summed E-state index contributed by atoms with van der Waals surface area (Å²) in [5.74, 6) is 0. The van der Waals surface area contributed by atoms with E-state index < -0.39 is 6.09 Å². The third-order valence-electron chi connectivity index (χ3n) is 0.478. The van der Waals surface area contributed by atoms with Crippen molar-refractivity contribution in [2.24, 2.45) is 5.16 Å². The Labute approximate surface area is 59.4 Å². The highest BCUT2D eigenvalue weighted by Crippen LogP contribution is 1.60. The minimum absolute atomic E-state index is 0.802. The van der Waals surface area contributed by atoms with Gasteiger partial charge in [0.2, 0.25) is 0 Å². The largest absolute Gasteiger partial charge is 0.465 e. The van der Waals surface area contributed by atoms with E-state index in [2.05, 4.69) is 5.16 Å². The van der Waals surface area contributed by atoms with Gasteiger partial charge >= 0.3 is 6.09 Å². The van der Waals surface area contributed by atoms with Crippen LogP contribution in [-0.2, 0) is 0 Å². The van der Waals surface area contributed by atoms with E-state index in [1.165, 1.54) is 13.3 Å². The zero-order chi connectivity index (χ0) is 8.41. The number of nitrogens with one attached hydrogen (secondary N) is 1. The maximum absolute atomic E-state index is 9.26. The molecule has 0 unspecified atom stereocenters. The molecule has 1 amide bonds. The molecule has 0 saturated heterocycles. The first-order valence-electron chi connectivity index (χ1n) is 2.75. The SMILES string of the molecule is CCC=NO.CNC(=O)O. The molecular formula is C5H12N2O3. The van der Waals surface area contributed by atoms with Gasteiger partial charge in [-0.1, -0.05) is 6.92 Å². The van der Waals surface area contributed by atoms with Crippen LogP contribution in [0.4, 0.5) is 4.79 Å². The van der Waals surface area contributed by atoms with Crippen LogP contribution in [0.25, 0.3) is 0 Å². The third-order valence-corrected chi connectivity index (χ3v) is 0.478. The van der Waals surface area contributed by atoms with Gasteiger partial charge in [-0.3, -0.25) is 0 Å². The highest BCUT2D eigenvalue weighted by molar-refractivity contribution is 5.63.